The van der Waals surface area contributed by atoms with E-state index in [9.17, 15) is 0 Å². The van der Waals surface area contributed by atoms with Gasteiger partial charge in [-0.2, -0.15) is 23.5 Å². The molecule has 1 fully saturated rings. The highest BCUT2D eigenvalue weighted by Crippen LogP contribution is 2.31. The molecule has 0 aliphatic carbocycles. The van der Waals surface area contributed by atoms with Gasteiger partial charge < -0.3 is 21.1 Å². The van der Waals surface area contributed by atoms with Gasteiger partial charge in [-0.05, 0) is 41.6 Å². The van der Waals surface area contributed by atoms with E-state index >= 15 is 0 Å². The Hall–Kier alpha value is -1.87. The van der Waals surface area contributed by atoms with E-state index in [0.29, 0.717) is 5.15 Å². The van der Waals surface area contributed by atoms with Gasteiger partial charge >= 0.3 is 0 Å². The Morgan fingerprint density at radius 3 is 1.94 bits per heavy atom. The number of nitrogens with zero attached hydrogens (tertiary/aromatic N) is 3. The SMILES string of the molecule is Nc1cc(Cl)ncc1C1=CCSCC1.Nc1cc(N2CCOCC2)ncc1C1=CCSCC1. The lowest BCUT2D eigenvalue weighted by Crippen LogP contribution is -2.36. The van der Waals surface area contributed by atoms with Crippen LogP contribution in [0.3, 0.4) is 0 Å². The molecule has 176 valence electrons. The number of allylic oxidation sites excluding steroid dienone is 2. The molecule has 0 unspecified atom stereocenters. The van der Waals surface area contributed by atoms with Crippen LogP contribution in [0.2, 0.25) is 5.15 Å². The second kappa shape index (κ2) is 12.0. The molecule has 9 heteroatoms. The molecule has 0 radical (unpaired) electrons. The average molecular weight is 504 g/mol. The molecule has 1 saturated heterocycles. The zero-order chi connectivity index (χ0) is 23.0. The van der Waals surface area contributed by atoms with E-state index < -0.39 is 0 Å². The van der Waals surface area contributed by atoms with Crippen molar-refractivity contribution < 1.29 is 4.74 Å². The number of nitrogens with two attached hydrogens (primary N) is 2. The van der Waals surface area contributed by atoms with Crippen LogP contribution in [0.4, 0.5) is 17.2 Å². The van der Waals surface area contributed by atoms with Gasteiger partial charge in [0.15, 0.2) is 0 Å². The molecule has 0 aromatic carbocycles. The van der Waals surface area contributed by atoms with E-state index in [1.807, 2.05) is 35.8 Å². The minimum absolute atomic E-state index is 0.456. The number of nitrogen functional groups attached to an aromatic ring is 2. The first-order valence-electron chi connectivity index (χ1n) is 11.2. The maximum Gasteiger partial charge on any atom is 0.131 e. The number of halogens is 1. The fourth-order valence-corrected chi connectivity index (χ4v) is 5.81. The van der Waals surface area contributed by atoms with Gasteiger partial charge in [0.2, 0.25) is 0 Å². The minimum atomic E-state index is 0.456. The fraction of sp³-hybridized carbons (Fsp3) is 0.417. The number of morpholine rings is 1. The van der Waals surface area contributed by atoms with Crippen molar-refractivity contribution in [2.75, 3.05) is 65.7 Å². The summed E-state index contributed by atoms with van der Waals surface area (Å²) >= 11 is 9.65. The van der Waals surface area contributed by atoms with Crippen molar-refractivity contribution in [3.8, 4) is 0 Å². The maximum atomic E-state index is 6.21. The van der Waals surface area contributed by atoms with E-state index in [1.54, 1.807) is 12.3 Å². The van der Waals surface area contributed by atoms with Gasteiger partial charge in [0.1, 0.15) is 11.0 Å². The lowest BCUT2D eigenvalue weighted by molar-refractivity contribution is 0.122. The van der Waals surface area contributed by atoms with Gasteiger partial charge in [0.05, 0.1) is 13.2 Å². The summed E-state index contributed by atoms with van der Waals surface area (Å²) in [6.45, 7) is 3.33. The number of thioether (sulfide) groups is 2. The molecule has 6 nitrogen and oxygen atoms in total. The minimum Gasteiger partial charge on any atom is -0.398 e. The number of hydrogen-bond acceptors (Lipinski definition) is 8. The molecular weight excluding hydrogens is 474 g/mol. The molecule has 0 bridgehead atoms. The topological polar surface area (TPSA) is 90.3 Å². The number of ether oxygens (including phenoxy) is 1. The molecule has 0 atom stereocenters. The van der Waals surface area contributed by atoms with Crippen LogP contribution in [-0.4, -0.2) is 59.3 Å². The largest absolute Gasteiger partial charge is 0.398 e. The quantitative estimate of drug-likeness (QED) is 0.574. The van der Waals surface area contributed by atoms with Crippen molar-refractivity contribution in [1.82, 2.24) is 9.97 Å². The van der Waals surface area contributed by atoms with Crippen molar-refractivity contribution in [3.05, 3.63) is 53.0 Å². The first-order valence-corrected chi connectivity index (χ1v) is 13.8. The molecule has 0 saturated carbocycles. The Balaban J connectivity index is 0.000000165. The van der Waals surface area contributed by atoms with Gasteiger partial charge in [0.25, 0.3) is 0 Å². The Bertz CT molecular complexity index is 1020. The third-order valence-electron chi connectivity index (χ3n) is 5.78. The smallest absolute Gasteiger partial charge is 0.131 e. The maximum absolute atomic E-state index is 6.21. The molecule has 3 aliphatic rings. The van der Waals surface area contributed by atoms with Crippen LogP contribution in [0, 0.1) is 0 Å². The highest BCUT2D eigenvalue weighted by Gasteiger charge is 2.15. The zero-order valence-electron chi connectivity index (χ0n) is 18.6. The molecule has 2 aromatic heterocycles. The molecule has 3 aliphatic heterocycles. The first-order chi connectivity index (χ1) is 16.1. The van der Waals surface area contributed by atoms with E-state index in [0.717, 1.165) is 84.7 Å². The van der Waals surface area contributed by atoms with Crippen LogP contribution < -0.4 is 16.4 Å². The van der Waals surface area contributed by atoms with Crippen LogP contribution >= 0.6 is 35.1 Å². The zero-order valence-corrected chi connectivity index (χ0v) is 21.0. The number of rotatable bonds is 3. The summed E-state index contributed by atoms with van der Waals surface area (Å²) in [5.74, 6) is 5.46. The predicted octanol–water partition coefficient (Wildman–Crippen LogP) is 4.86. The molecule has 5 heterocycles. The second-order valence-corrected chi connectivity index (χ2v) is 10.6. The lowest BCUT2D eigenvalue weighted by atomic mass is 10.0. The van der Waals surface area contributed by atoms with Crippen molar-refractivity contribution >= 4 is 63.5 Å². The Labute approximate surface area is 209 Å². The molecular formula is C24H30ClN5OS2. The van der Waals surface area contributed by atoms with Crippen LogP contribution in [0.15, 0.2) is 36.7 Å². The molecule has 4 N–H and O–H groups in total. The van der Waals surface area contributed by atoms with Crippen molar-refractivity contribution in [1.29, 1.82) is 0 Å². The number of aromatic nitrogens is 2. The summed E-state index contributed by atoms with van der Waals surface area (Å²) < 4.78 is 5.36. The highest BCUT2D eigenvalue weighted by atomic mass is 35.5. The van der Waals surface area contributed by atoms with E-state index in [4.69, 9.17) is 27.8 Å². The first kappa shape index (κ1) is 24.3. The van der Waals surface area contributed by atoms with Gasteiger partial charge in [-0.15, -0.1) is 0 Å². The predicted molar refractivity (Wildman–Crippen MR) is 145 cm³/mol. The van der Waals surface area contributed by atoms with Crippen LogP contribution in [-0.2, 0) is 4.74 Å². The summed E-state index contributed by atoms with van der Waals surface area (Å²) in [7, 11) is 0. The van der Waals surface area contributed by atoms with E-state index in [2.05, 4.69) is 27.0 Å². The Morgan fingerprint density at radius 2 is 1.42 bits per heavy atom. The molecule has 2 aromatic rings. The van der Waals surface area contributed by atoms with Gasteiger partial charge in [-0.1, -0.05) is 23.8 Å². The molecule has 5 rings (SSSR count). The van der Waals surface area contributed by atoms with Crippen LogP contribution in [0.25, 0.3) is 11.1 Å². The summed E-state index contributed by atoms with van der Waals surface area (Å²) in [5, 5.41) is 0.456. The summed E-state index contributed by atoms with van der Waals surface area (Å²) in [4.78, 5) is 10.9. The molecule has 0 spiro atoms. The highest BCUT2D eigenvalue weighted by molar-refractivity contribution is 7.99. The van der Waals surface area contributed by atoms with Crippen molar-refractivity contribution in [3.63, 3.8) is 0 Å². The molecule has 0 amide bonds. The van der Waals surface area contributed by atoms with Gasteiger partial charge in [0, 0.05) is 65.6 Å². The third-order valence-corrected chi connectivity index (χ3v) is 7.77. The normalized spacial score (nSPS) is 18.6. The standard InChI is InChI=1S/C14H19N3OS.C10H11ClN2S/c15-13-9-14(17-3-5-18-6-4-17)16-10-12(13)11-1-7-19-8-2-11;11-10-5-9(12)8(6-13-10)7-1-3-14-4-2-7/h1,9-10H,2-8H2,(H2,15,16);1,5-6H,2-4H2,(H2,12,13). The van der Waals surface area contributed by atoms with Gasteiger partial charge in [-0.3, -0.25) is 0 Å². The molecule has 33 heavy (non-hydrogen) atoms. The summed E-state index contributed by atoms with van der Waals surface area (Å²) in [6.07, 6.45) is 10.3. The average Bonchev–Trinajstić information content (AvgIpc) is 2.86. The van der Waals surface area contributed by atoms with E-state index in [1.165, 1.54) is 16.9 Å². The monoisotopic (exact) mass is 503 g/mol. The Morgan fingerprint density at radius 1 is 0.848 bits per heavy atom. The number of hydrogen-bond donors (Lipinski definition) is 2. The number of anilines is 3. The second-order valence-electron chi connectivity index (χ2n) is 7.93. The van der Waals surface area contributed by atoms with Crippen LogP contribution in [0.5, 0.6) is 0 Å². The summed E-state index contributed by atoms with van der Waals surface area (Å²) in [6, 6.07) is 3.71. The van der Waals surface area contributed by atoms with Gasteiger partial charge in [-0.25, -0.2) is 9.97 Å². The summed E-state index contributed by atoms with van der Waals surface area (Å²) in [5.41, 5.74) is 18.4. The van der Waals surface area contributed by atoms with Crippen LogP contribution in [0.1, 0.15) is 24.0 Å². The third kappa shape index (κ3) is 6.59. The Kier molecular flexibility index (Phi) is 8.83. The fourth-order valence-electron chi connectivity index (χ4n) is 3.95. The van der Waals surface area contributed by atoms with Crippen molar-refractivity contribution in [2.45, 2.75) is 12.8 Å². The van der Waals surface area contributed by atoms with Crippen molar-refractivity contribution in [2.24, 2.45) is 0 Å². The van der Waals surface area contributed by atoms with E-state index in [-0.39, 0.29) is 0 Å². The number of pyridine rings is 2. The lowest BCUT2D eigenvalue weighted by Gasteiger charge is -2.28.